The molecule has 2 N–H and O–H groups in total. The quantitative estimate of drug-likeness (QED) is 0.908. The van der Waals surface area contributed by atoms with Gasteiger partial charge in [-0.2, -0.15) is 0 Å². The second-order valence-electron chi connectivity index (χ2n) is 4.03. The summed E-state index contributed by atoms with van der Waals surface area (Å²) in [5.41, 5.74) is -0.0173. The Morgan fingerprint density at radius 3 is 2.20 bits per heavy atom. The fraction of sp³-hybridized carbons (Fsp3) is 0. The molecule has 0 aliphatic heterocycles. The molecule has 20 heavy (non-hydrogen) atoms. The molecule has 0 atom stereocenters. The van der Waals surface area contributed by atoms with E-state index in [1.165, 1.54) is 18.2 Å². The Bertz CT molecular complexity index is 712. The second-order valence-corrected chi connectivity index (χ2v) is 4.47. The van der Waals surface area contributed by atoms with Crippen LogP contribution >= 0.6 is 11.6 Å². The van der Waals surface area contributed by atoms with Crippen molar-refractivity contribution in [3.05, 3.63) is 58.4 Å². The molecule has 0 heterocycles. The molecule has 0 saturated heterocycles. The van der Waals surface area contributed by atoms with Gasteiger partial charge in [-0.3, -0.25) is 0 Å². The van der Waals surface area contributed by atoms with Crippen LogP contribution in [0.1, 0.15) is 20.7 Å². The number of hydrogen-bond donors (Lipinski definition) is 2. The van der Waals surface area contributed by atoms with E-state index in [0.29, 0.717) is 0 Å². The fourth-order valence-corrected chi connectivity index (χ4v) is 1.98. The van der Waals surface area contributed by atoms with Crippen molar-refractivity contribution in [2.75, 3.05) is 0 Å². The first-order chi connectivity index (χ1) is 9.38. The van der Waals surface area contributed by atoms with Crippen LogP contribution in [0.15, 0.2) is 36.4 Å². The molecule has 2 aromatic carbocycles. The van der Waals surface area contributed by atoms with Crippen LogP contribution in [0.2, 0.25) is 5.02 Å². The number of rotatable bonds is 3. The lowest BCUT2D eigenvalue weighted by atomic mass is 10.0. The highest BCUT2D eigenvalue weighted by molar-refractivity contribution is 6.31. The molecule has 6 heteroatoms. The highest BCUT2D eigenvalue weighted by Crippen LogP contribution is 2.28. The minimum atomic E-state index is -1.21. The Morgan fingerprint density at radius 2 is 1.60 bits per heavy atom. The van der Waals surface area contributed by atoms with E-state index in [9.17, 15) is 14.0 Å². The lowest BCUT2D eigenvalue weighted by Crippen LogP contribution is -1.99. The topological polar surface area (TPSA) is 74.6 Å². The predicted molar refractivity (Wildman–Crippen MR) is 70.8 cm³/mol. The third-order valence-electron chi connectivity index (χ3n) is 2.67. The lowest BCUT2D eigenvalue weighted by Gasteiger charge is -2.07. The van der Waals surface area contributed by atoms with Crippen LogP contribution in [0.25, 0.3) is 11.1 Å². The summed E-state index contributed by atoms with van der Waals surface area (Å²) in [7, 11) is 0. The number of halogens is 2. The van der Waals surface area contributed by atoms with Crippen molar-refractivity contribution in [1.29, 1.82) is 0 Å². The Hall–Kier alpha value is -2.40. The van der Waals surface area contributed by atoms with Gasteiger partial charge in [0.15, 0.2) is 0 Å². The molecule has 2 aromatic rings. The summed E-state index contributed by atoms with van der Waals surface area (Å²) in [6, 6.07) is 7.11. The Kier molecular flexibility index (Phi) is 3.72. The molecule has 0 aromatic heterocycles. The average molecular weight is 295 g/mol. The lowest BCUT2D eigenvalue weighted by molar-refractivity contribution is 0.0686. The number of benzene rings is 2. The van der Waals surface area contributed by atoms with Gasteiger partial charge in [0, 0.05) is 10.6 Å². The molecule has 102 valence electrons. The third kappa shape index (κ3) is 2.78. The monoisotopic (exact) mass is 294 g/mol. The SMILES string of the molecule is O=C(O)c1cc(Cl)cc(-c2cc(C(=O)O)ccc2F)c1. The van der Waals surface area contributed by atoms with Crippen LogP contribution in [0.5, 0.6) is 0 Å². The van der Waals surface area contributed by atoms with Crippen molar-refractivity contribution in [1.82, 2.24) is 0 Å². The maximum absolute atomic E-state index is 13.8. The van der Waals surface area contributed by atoms with Gasteiger partial charge in [-0.1, -0.05) is 11.6 Å². The van der Waals surface area contributed by atoms with E-state index in [4.69, 9.17) is 21.8 Å². The van der Waals surface area contributed by atoms with Crippen LogP contribution < -0.4 is 0 Å². The van der Waals surface area contributed by atoms with Gasteiger partial charge in [0.2, 0.25) is 0 Å². The van der Waals surface area contributed by atoms with Crippen molar-refractivity contribution in [2.45, 2.75) is 0 Å². The summed E-state index contributed by atoms with van der Waals surface area (Å²) < 4.78 is 13.8. The fourth-order valence-electron chi connectivity index (χ4n) is 1.75. The zero-order valence-electron chi connectivity index (χ0n) is 9.93. The molecule has 4 nitrogen and oxygen atoms in total. The van der Waals surface area contributed by atoms with Crippen LogP contribution in [0.3, 0.4) is 0 Å². The standard InChI is InChI=1S/C14H8ClFO4/c15-10-4-8(3-9(5-10)14(19)20)11-6-7(13(17)18)1-2-12(11)16/h1-6H,(H,17,18)(H,19,20). The van der Waals surface area contributed by atoms with E-state index >= 15 is 0 Å². The molecule has 0 saturated carbocycles. The van der Waals surface area contributed by atoms with E-state index in [0.717, 1.165) is 18.2 Å². The summed E-state index contributed by atoms with van der Waals surface area (Å²) in [6.07, 6.45) is 0. The van der Waals surface area contributed by atoms with Gasteiger partial charge in [-0.25, -0.2) is 14.0 Å². The molecule has 0 radical (unpaired) electrons. The Labute approximate surface area is 118 Å². The molecular weight excluding hydrogens is 287 g/mol. The summed E-state index contributed by atoms with van der Waals surface area (Å²) in [5, 5.41) is 18.0. The Balaban J connectivity index is 2.64. The summed E-state index contributed by atoms with van der Waals surface area (Å²) in [6.45, 7) is 0. The summed E-state index contributed by atoms with van der Waals surface area (Å²) in [4.78, 5) is 21.8. The zero-order chi connectivity index (χ0) is 14.9. The van der Waals surface area contributed by atoms with Gasteiger partial charge in [0.1, 0.15) is 5.82 Å². The third-order valence-corrected chi connectivity index (χ3v) is 2.89. The van der Waals surface area contributed by atoms with E-state index in [1.807, 2.05) is 0 Å². The highest BCUT2D eigenvalue weighted by Gasteiger charge is 2.13. The minimum absolute atomic E-state index is 0.0186. The number of aromatic carboxylic acids is 2. The van der Waals surface area contributed by atoms with E-state index in [2.05, 4.69) is 0 Å². The van der Waals surface area contributed by atoms with Gasteiger partial charge in [0.05, 0.1) is 11.1 Å². The number of carbonyl (C=O) groups is 2. The predicted octanol–water partition coefficient (Wildman–Crippen LogP) is 3.54. The van der Waals surface area contributed by atoms with Crippen LogP contribution in [0.4, 0.5) is 4.39 Å². The van der Waals surface area contributed by atoms with E-state index in [-0.39, 0.29) is 27.3 Å². The molecule has 0 aliphatic carbocycles. The van der Waals surface area contributed by atoms with Crippen molar-refractivity contribution in [3.8, 4) is 11.1 Å². The average Bonchev–Trinajstić information content (AvgIpc) is 2.38. The molecule has 0 bridgehead atoms. The molecule has 0 spiro atoms. The van der Waals surface area contributed by atoms with E-state index in [1.54, 1.807) is 0 Å². The molecule has 2 rings (SSSR count). The van der Waals surface area contributed by atoms with Gasteiger partial charge < -0.3 is 10.2 Å². The Morgan fingerprint density at radius 1 is 0.950 bits per heavy atom. The van der Waals surface area contributed by atoms with Crippen LogP contribution in [0, 0.1) is 5.82 Å². The summed E-state index contributed by atoms with van der Waals surface area (Å²) in [5.74, 6) is -3.07. The normalized spacial score (nSPS) is 10.3. The first kappa shape index (κ1) is 14.0. The first-order valence-electron chi connectivity index (χ1n) is 5.45. The number of carboxylic acids is 2. The maximum atomic E-state index is 13.8. The molecular formula is C14H8ClFO4. The maximum Gasteiger partial charge on any atom is 0.335 e. The van der Waals surface area contributed by atoms with Gasteiger partial charge in [0.25, 0.3) is 0 Å². The smallest absolute Gasteiger partial charge is 0.335 e. The molecule has 0 amide bonds. The van der Waals surface area contributed by atoms with Gasteiger partial charge >= 0.3 is 11.9 Å². The van der Waals surface area contributed by atoms with Crippen molar-refractivity contribution in [3.63, 3.8) is 0 Å². The molecule has 0 unspecified atom stereocenters. The van der Waals surface area contributed by atoms with Crippen LogP contribution in [-0.4, -0.2) is 22.2 Å². The van der Waals surface area contributed by atoms with Crippen molar-refractivity contribution >= 4 is 23.5 Å². The zero-order valence-corrected chi connectivity index (χ0v) is 10.7. The van der Waals surface area contributed by atoms with Crippen molar-refractivity contribution in [2.24, 2.45) is 0 Å². The molecule has 0 fully saturated rings. The highest BCUT2D eigenvalue weighted by atomic mass is 35.5. The number of hydrogen-bond acceptors (Lipinski definition) is 2. The largest absolute Gasteiger partial charge is 0.478 e. The number of carboxylic acid groups (broad SMARTS) is 2. The van der Waals surface area contributed by atoms with E-state index < -0.39 is 17.8 Å². The molecule has 0 aliphatic rings. The first-order valence-corrected chi connectivity index (χ1v) is 5.83. The van der Waals surface area contributed by atoms with Gasteiger partial charge in [-0.05, 0) is 42.0 Å². The van der Waals surface area contributed by atoms with Gasteiger partial charge in [-0.15, -0.1) is 0 Å². The summed E-state index contributed by atoms with van der Waals surface area (Å²) >= 11 is 5.80. The van der Waals surface area contributed by atoms with Crippen molar-refractivity contribution < 1.29 is 24.2 Å². The minimum Gasteiger partial charge on any atom is -0.478 e. The van der Waals surface area contributed by atoms with Crippen LogP contribution in [-0.2, 0) is 0 Å². The second kappa shape index (κ2) is 5.30.